The molecule has 4 heteroatoms. The summed E-state index contributed by atoms with van der Waals surface area (Å²) in [5, 5.41) is 12.9. The average Bonchev–Trinajstić information content (AvgIpc) is 2.42. The maximum absolute atomic E-state index is 9.45. The molecule has 0 amide bonds. The SMILES string of the molecule is OC1CCN(CCCNCc2ccccc2Br)CC1. The molecule has 2 N–H and O–H groups in total. The summed E-state index contributed by atoms with van der Waals surface area (Å²) < 4.78 is 1.17. The molecule has 0 saturated carbocycles. The van der Waals surface area contributed by atoms with Crippen LogP contribution in [0.5, 0.6) is 0 Å². The van der Waals surface area contributed by atoms with Crippen LogP contribution in [0.3, 0.4) is 0 Å². The van der Waals surface area contributed by atoms with Crippen molar-refractivity contribution in [2.45, 2.75) is 31.9 Å². The van der Waals surface area contributed by atoms with Gasteiger partial charge >= 0.3 is 0 Å². The van der Waals surface area contributed by atoms with Gasteiger partial charge in [-0.15, -0.1) is 0 Å². The van der Waals surface area contributed by atoms with E-state index < -0.39 is 0 Å². The number of nitrogens with zero attached hydrogens (tertiary/aromatic N) is 1. The lowest BCUT2D eigenvalue weighted by Gasteiger charge is -2.29. The molecular formula is C15H23BrN2O. The van der Waals surface area contributed by atoms with Gasteiger partial charge in [0.15, 0.2) is 0 Å². The highest BCUT2D eigenvalue weighted by Crippen LogP contribution is 2.15. The van der Waals surface area contributed by atoms with E-state index in [-0.39, 0.29) is 6.10 Å². The fourth-order valence-electron chi connectivity index (χ4n) is 2.44. The second-order valence-electron chi connectivity index (χ2n) is 5.19. The van der Waals surface area contributed by atoms with Crippen molar-refractivity contribution >= 4 is 15.9 Å². The number of hydrogen-bond donors (Lipinski definition) is 2. The average molecular weight is 327 g/mol. The largest absolute Gasteiger partial charge is 0.393 e. The second kappa shape index (κ2) is 8.00. The summed E-state index contributed by atoms with van der Waals surface area (Å²) >= 11 is 3.56. The minimum absolute atomic E-state index is 0.0650. The molecule has 1 aromatic rings. The quantitative estimate of drug-likeness (QED) is 0.788. The molecule has 1 saturated heterocycles. The first-order chi connectivity index (χ1) is 9.25. The molecule has 19 heavy (non-hydrogen) atoms. The topological polar surface area (TPSA) is 35.5 Å². The fourth-order valence-corrected chi connectivity index (χ4v) is 2.86. The Morgan fingerprint density at radius 3 is 2.74 bits per heavy atom. The van der Waals surface area contributed by atoms with Crippen molar-refractivity contribution in [3.63, 3.8) is 0 Å². The number of aliphatic hydroxyl groups is 1. The summed E-state index contributed by atoms with van der Waals surface area (Å²) in [4.78, 5) is 2.45. The van der Waals surface area contributed by atoms with Gasteiger partial charge in [0.2, 0.25) is 0 Å². The number of likely N-dealkylation sites (tertiary alicyclic amines) is 1. The van der Waals surface area contributed by atoms with Crippen LogP contribution in [-0.2, 0) is 6.54 Å². The molecule has 0 unspecified atom stereocenters. The minimum atomic E-state index is -0.0650. The lowest BCUT2D eigenvalue weighted by atomic mass is 10.1. The minimum Gasteiger partial charge on any atom is -0.393 e. The van der Waals surface area contributed by atoms with Crippen molar-refractivity contribution in [3.05, 3.63) is 34.3 Å². The lowest BCUT2D eigenvalue weighted by Crippen LogP contribution is -2.37. The Labute approximate surface area is 124 Å². The zero-order chi connectivity index (χ0) is 13.5. The number of rotatable bonds is 6. The van der Waals surface area contributed by atoms with Crippen LogP contribution in [0.15, 0.2) is 28.7 Å². The van der Waals surface area contributed by atoms with Crippen molar-refractivity contribution in [1.29, 1.82) is 0 Å². The molecule has 0 radical (unpaired) electrons. The molecule has 1 aromatic carbocycles. The van der Waals surface area contributed by atoms with Crippen LogP contribution in [-0.4, -0.2) is 42.3 Å². The van der Waals surface area contributed by atoms with Crippen LogP contribution in [0.2, 0.25) is 0 Å². The van der Waals surface area contributed by atoms with E-state index in [1.54, 1.807) is 0 Å². The number of hydrogen-bond acceptors (Lipinski definition) is 3. The van der Waals surface area contributed by atoms with Gasteiger partial charge in [0.25, 0.3) is 0 Å². The molecular weight excluding hydrogens is 304 g/mol. The zero-order valence-electron chi connectivity index (χ0n) is 11.3. The predicted octanol–water partition coefficient (Wildman–Crippen LogP) is 2.39. The van der Waals surface area contributed by atoms with Gasteiger partial charge in [0.05, 0.1) is 6.10 Å². The Kier molecular flexibility index (Phi) is 6.31. The Morgan fingerprint density at radius 2 is 2.00 bits per heavy atom. The molecule has 1 fully saturated rings. The first-order valence-corrected chi connectivity index (χ1v) is 7.89. The Bertz CT molecular complexity index is 378. The molecule has 1 heterocycles. The molecule has 2 rings (SSSR count). The van der Waals surface area contributed by atoms with E-state index in [1.165, 1.54) is 16.5 Å². The maximum atomic E-state index is 9.45. The van der Waals surface area contributed by atoms with E-state index in [0.29, 0.717) is 0 Å². The van der Waals surface area contributed by atoms with Gasteiger partial charge in [0.1, 0.15) is 0 Å². The molecule has 3 nitrogen and oxygen atoms in total. The standard InChI is InChI=1S/C15H23BrN2O/c16-15-5-2-1-4-13(15)12-17-8-3-9-18-10-6-14(19)7-11-18/h1-2,4-5,14,17,19H,3,6-12H2. The Hall–Kier alpha value is -0.420. The third-order valence-electron chi connectivity index (χ3n) is 3.66. The van der Waals surface area contributed by atoms with Crippen molar-refractivity contribution in [2.24, 2.45) is 0 Å². The van der Waals surface area contributed by atoms with Crippen LogP contribution >= 0.6 is 15.9 Å². The highest BCUT2D eigenvalue weighted by Gasteiger charge is 2.15. The molecule has 0 atom stereocenters. The van der Waals surface area contributed by atoms with Gasteiger partial charge in [-0.3, -0.25) is 0 Å². The summed E-state index contributed by atoms with van der Waals surface area (Å²) in [6.07, 6.45) is 2.97. The third-order valence-corrected chi connectivity index (χ3v) is 4.43. The zero-order valence-corrected chi connectivity index (χ0v) is 12.9. The van der Waals surface area contributed by atoms with Crippen LogP contribution in [0.4, 0.5) is 0 Å². The number of nitrogens with one attached hydrogen (secondary N) is 1. The highest BCUT2D eigenvalue weighted by atomic mass is 79.9. The summed E-state index contributed by atoms with van der Waals surface area (Å²) in [6, 6.07) is 8.33. The van der Waals surface area contributed by atoms with E-state index in [2.05, 4.69) is 44.3 Å². The first-order valence-electron chi connectivity index (χ1n) is 7.10. The molecule has 0 bridgehead atoms. The summed E-state index contributed by atoms with van der Waals surface area (Å²) in [5.41, 5.74) is 1.31. The third kappa shape index (κ3) is 5.22. The van der Waals surface area contributed by atoms with Crippen molar-refractivity contribution in [3.8, 4) is 0 Å². The van der Waals surface area contributed by atoms with E-state index in [0.717, 1.165) is 45.6 Å². The van der Waals surface area contributed by atoms with E-state index in [4.69, 9.17) is 0 Å². The van der Waals surface area contributed by atoms with Crippen LogP contribution < -0.4 is 5.32 Å². The van der Waals surface area contributed by atoms with Gasteiger partial charge in [-0.2, -0.15) is 0 Å². The summed E-state index contributed by atoms with van der Waals surface area (Å²) in [6.45, 7) is 5.19. The second-order valence-corrected chi connectivity index (χ2v) is 6.05. The number of halogens is 1. The Morgan fingerprint density at radius 1 is 1.26 bits per heavy atom. The monoisotopic (exact) mass is 326 g/mol. The van der Waals surface area contributed by atoms with Crippen molar-refractivity contribution in [1.82, 2.24) is 10.2 Å². The van der Waals surface area contributed by atoms with E-state index in [1.807, 2.05) is 6.07 Å². The van der Waals surface area contributed by atoms with E-state index in [9.17, 15) is 5.11 Å². The van der Waals surface area contributed by atoms with Gasteiger partial charge in [-0.1, -0.05) is 34.1 Å². The normalized spacial score (nSPS) is 17.8. The van der Waals surface area contributed by atoms with E-state index >= 15 is 0 Å². The highest BCUT2D eigenvalue weighted by molar-refractivity contribution is 9.10. The molecule has 1 aliphatic rings. The first kappa shape index (κ1) is 15.0. The number of aliphatic hydroxyl groups excluding tert-OH is 1. The van der Waals surface area contributed by atoms with Crippen LogP contribution in [0.25, 0.3) is 0 Å². The predicted molar refractivity (Wildman–Crippen MR) is 82.1 cm³/mol. The molecule has 0 aromatic heterocycles. The van der Waals surface area contributed by atoms with Crippen LogP contribution in [0.1, 0.15) is 24.8 Å². The molecule has 0 aliphatic carbocycles. The van der Waals surface area contributed by atoms with Gasteiger partial charge < -0.3 is 15.3 Å². The van der Waals surface area contributed by atoms with Crippen molar-refractivity contribution < 1.29 is 5.11 Å². The number of benzene rings is 1. The van der Waals surface area contributed by atoms with Crippen LogP contribution in [0, 0.1) is 0 Å². The molecule has 0 spiro atoms. The molecule has 1 aliphatic heterocycles. The Balaban J connectivity index is 1.56. The lowest BCUT2D eigenvalue weighted by molar-refractivity contribution is 0.0821. The number of piperidine rings is 1. The maximum Gasteiger partial charge on any atom is 0.0564 e. The van der Waals surface area contributed by atoms with Gasteiger partial charge in [0, 0.05) is 24.1 Å². The summed E-state index contributed by atoms with van der Waals surface area (Å²) in [7, 11) is 0. The van der Waals surface area contributed by atoms with Gasteiger partial charge in [-0.05, 0) is 44.0 Å². The summed E-state index contributed by atoms with van der Waals surface area (Å²) in [5.74, 6) is 0. The van der Waals surface area contributed by atoms with Crippen molar-refractivity contribution in [2.75, 3.05) is 26.2 Å². The fraction of sp³-hybridized carbons (Fsp3) is 0.600. The smallest absolute Gasteiger partial charge is 0.0564 e. The molecule has 106 valence electrons. The van der Waals surface area contributed by atoms with Gasteiger partial charge in [-0.25, -0.2) is 0 Å².